The molecule has 0 radical (unpaired) electrons. The first-order valence-corrected chi connectivity index (χ1v) is 8.37. The van der Waals surface area contributed by atoms with E-state index in [2.05, 4.69) is 16.4 Å². The number of amides is 1. The van der Waals surface area contributed by atoms with Crippen LogP contribution in [0.4, 0.5) is 11.4 Å². The molecule has 0 bridgehead atoms. The number of nitro benzene ring substituents is 1. The number of nitrogens with zero attached hydrogens (tertiary/aromatic N) is 3. The van der Waals surface area contributed by atoms with Gasteiger partial charge in [-0.15, -0.1) is 0 Å². The summed E-state index contributed by atoms with van der Waals surface area (Å²) in [4.78, 5) is 27.1. The van der Waals surface area contributed by atoms with Crippen molar-refractivity contribution in [1.29, 1.82) is 5.26 Å². The summed E-state index contributed by atoms with van der Waals surface area (Å²) in [6.45, 7) is 5.32. The Balaban J connectivity index is 2.16. The molecule has 8 heteroatoms. The van der Waals surface area contributed by atoms with E-state index in [1.165, 1.54) is 6.07 Å². The number of hydrogen-bond acceptors (Lipinski definition) is 6. The molecule has 1 N–H and O–H groups in total. The van der Waals surface area contributed by atoms with Gasteiger partial charge < -0.3 is 5.32 Å². The van der Waals surface area contributed by atoms with Crippen LogP contribution in [-0.4, -0.2) is 21.6 Å². The molecule has 0 saturated heterocycles. The summed E-state index contributed by atoms with van der Waals surface area (Å²) in [7, 11) is 0. The maximum atomic E-state index is 12.2. The van der Waals surface area contributed by atoms with Gasteiger partial charge in [-0.3, -0.25) is 14.9 Å². The third-order valence-electron chi connectivity index (χ3n) is 3.48. The number of carbonyl (C=O) groups is 1. The fourth-order valence-corrected chi connectivity index (χ4v) is 3.22. The number of benzene rings is 1. The lowest BCUT2D eigenvalue weighted by atomic mass is 10.1. The molecule has 0 spiro atoms. The number of nitrogens with one attached hydrogen (secondary N) is 1. The first kappa shape index (κ1) is 18.4. The van der Waals surface area contributed by atoms with Crippen LogP contribution in [0.2, 0.25) is 0 Å². The predicted octanol–water partition coefficient (Wildman–Crippen LogP) is 3.52. The van der Waals surface area contributed by atoms with Gasteiger partial charge in [0, 0.05) is 11.8 Å². The minimum atomic E-state index is -0.533. The van der Waals surface area contributed by atoms with Gasteiger partial charge in [-0.1, -0.05) is 23.9 Å². The van der Waals surface area contributed by atoms with Gasteiger partial charge in [0.25, 0.3) is 5.69 Å². The fraction of sp³-hybridized carbons (Fsp3) is 0.235. The molecule has 25 heavy (non-hydrogen) atoms. The van der Waals surface area contributed by atoms with Crippen LogP contribution in [0, 0.1) is 42.2 Å². The highest BCUT2D eigenvalue weighted by Crippen LogP contribution is 2.28. The van der Waals surface area contributed by atoms with Gasteiger partial charge in [-0.2, -0.15) is 5.26 Å². The van der Waals surface area contributed by atoms with Gasteiger partial charge in [0.2, 0.25) is 5.91 Å². The van der Waals surface area contributed by atoms with E-state index in [0.717, 1.165) is 23.0 Å². The number of nitriles is 1. The molecular weight excluding hydrogens is 340 g/mol. The second-order valence-electron chi connectivity index (χ2n) is 5.44. The number of para-hydroxylation sites is 1. The normalized spacial score (nSPS) is 10.2. The van der Waals surface area contributed by atoms with Crippen molar-refractivity contribution in [3.63, 3.8) is 0 Å². The molecule has 1 amide bonds. The standard InChI is InChI=1S/C17H16N4O3S/c1-10-5-4-6-14(21(23)24)16(10)20-15(22)9-25-17-13(8-18)11(2)7-12(3)19-17/h4-7H,9H2,1-3H3,(H,20,22). The van der Waals surface area contributed by atoms with Crippen LogP contribution < -0.4 is 5.32 Å². The molecule has 0 aliphatic heterocycles. The fourth-order valence-electron chi connectivity index (χ4n) is 2.32. The van der Waals surface area contributed by atoms with Crippen molar-refractivity contribution < 1.29 is 9.72 Å². The quantitative estimate of drug-likeness (QED) is 0.499. The summed E-state index contributed by atoms with van der Waals surface area (Å²) in [6.07, 6.45) is 0. The Morgan fingerprint density at radius 1 is 1.36 bits per heavy atom. The van der Waals surface area contributed by atoms with E-state index in [1.807, 2.05) is 13.8 Å². The van der Waals surface area contributed by atoms with E-state index in [4.69, 9.17) is 0 Å². The van der Waals surface area contributed by atoms with Crippen LogP contribution in [-0.2, 0) is 4.79 Å². The maximum absolute atomic E-state index is 12.2. The second-order valence-corrected chi connectivity index (χ2v) is 6.40. The number of thioether (sulfide) groups is 1. The largest absolute Gasteiger partial charge is 0.319 e. The predicted molar refractivity (Wildman–Crippen MR) is 95.6 cm³/mol. The number of anilines is 1. The Morgan fingerprint density at radius 2 is 2.08 bits per heavy atom. The maximum Gasteiger partial charge on any atom is 0.293 e. The first-order chi connectivity index (χ1) is 11.8. The lowest BCUT2D eigenvalue weighted by Gasteiger charge is -2.10. The molecule has 2 aromatic rings. The Morgan fingerprint density at radius 3 is 2.72 bits per heavy atom. The Labute approximate surface area is 149 Å². The summed E-state index contributed by atoms with van der Waals surface area (Å²) in [6, 6.07) is 8.50. The molecular formula is C17H16N4O3S. The van der Waals surface area contributed by atoms with E-state index in [9.17, 15) is 20.2 Å². The molecule has 0 saturated carbocycles. The Hall–Kier alpha value is -2.92. The molecule has 1 heterocycles. The zero-order valence-electron chi connectivity index (χ0n) is 14.0. The van der Waals surface area contributed by atoms with E-state index in [0.29, 0.717) is 16.2 Å². The molecule has 7 nitrogen and oxygen atoms in total. The molecule has 0 aliphatic rings. The van der Waals surface area contributed by atoms with E-state index in [1.54, 1.807) is 25.1 Å². The molecule has 0 atom stereocenters. The number of pyridine rings is 1. The van der Waals surface area contributed by atoms with Crippen molar-refractivity contribution in [3.05, 3.63) is 56.8 Å². The van der Waals surface area contributed by atoms with Gasteiger partial charge >= 0.3 is 0 Å². The number of aromatic nitrogens is 1. The summed E-state index contributed by atoms with van der Waals surface area (Å²) < 4.78 is 0. The van der Waals surface area contributed by atoms with Crippen molar-refractivity contribution in [2.75, 3.05) is 11.1 Å². The van der Waals surface area contributed by atoms with Crippen LogP contribution in [0.25, 0.3) is 0 Å². The highest BCUT2D eigenvalue weighted by Gasteiger charge is 2.18. The topological polar surface area (TPSA) is 109 Å². The van der Waals surface area contributed by atoms with E-state index >= 15 is 0 Å². The van der Waals surface area contributed by atoms with Gasteiger partial charge in [-0.25, -0.2) is 4.98 Å². The average molecular weight is 356 g/mol. The molecule has 2 rings (SSSR count). The number of hydrogen-bond donors (Lipinski definition) is 1. The Kier molecular flexibility index (Phi) is 5.72. The first-order valence-electron chi connectivity index (χ1n) is 7.38. The summed E-state index contributed by atoms with van der Waals surface area (Å²) in [5.41, 5.74) is 2.63. The third kappa shape index (κ3) is 4.33. The molecule has 0 fully saturated rings. The van der Waals surface area contributed by atoms with E-state index in [-0.39, 0.29) is 17.1 Å². The van der Waals surface area contributed by atoms with Crippen LogP contribution in [0.3, 0.4) is 0 Å². The average Bonchev–Trinajstić information content (AvgIpc) is 2.54. The number of nitro groups is 1. The number of aryl methyl sites for hydroxylation is 3. The highest BCUT2D eigenvalue weighted by atomic mass is 32.2. The molecule has 1 aromatic heterocycles. The molecule has 0 unspecified atom stereocenters. The van der Waals surface area contributed by atoms with Crippen molar-refractivity contribution in [1.82, 2.24) is 4.98 Å². The molecule has 1 aromatic carbocycles. The van der Waals surface area contributed by atoms with E-state index < -0.39 is 10.8 Å². The van der Waals surface area contributed by atoms with Crippen molar-refractivity contribution in [3.8, 4) is 6.07 Å². The summed E-state index contributed by atoms with van der Waals surface area (Å²) in [5, 5.41) is 23.4. The van der Waals surface area contributed by atoms with Crippen LogP contribution in [0.15, 0.2) is 29.3 Å². The molecule has 128 valence electrons. The summed E-state index contributed by atoms with van der Waals surface area (Å²) in [5.74, 6) is -0.400. The number of carbonyl (C=O) groups excluding carboxylic acids is 1. The van der Waals surface area contributed by atoms with Gasteiger partial charge in [-0.05, 0) is 38.0 Å². The number of rotatable bonds is 5. The monoisotopic (exact) mass is 356 g/mol. The SMILES string of the molecule is Cc1cc(C)c(C#N)c(SCC(=O)Nc2c(C)cccc2[N+](=O)[O-])n1. The van der Waals surface area contributed by atoms with Gasteiger partial charge in [0.1, 0.15) is 16.8 Å². The second kappa shape index (κ2) is 7.77. The van der Waals surface area contributed by atoms with Crippen LogP contribution >= 0.6 is 11.8 Å². The molecule has 0 aliphatic carbocycles. The zero-order valence-corrected chi connectivity index (χ0v) is 14.8. The zero-order chi connectivity index (χ0) is 18.6. The minimum Gasteiger partial charge on any atom is -0.319 e. The van der Waals surface area contributed by atoms with Crippen molar-refractivity contribution >= 4 is 29.0 Å². The highest BCUT2D eigenvalue weighted by molar-refractivity contribution is 8.00. The van der Waals surface area contributed by atoms with Gasteiger partial charge in [0.05, 0.1) is 16.2 Å². The third-order valence-corrected chi connectivity index (χ3v) is 4.45. The van der Waals surface area contributed by atoms with Crippen LogP contribution in [0.1, 0.15) is 22.4 Å². The lowest BCUT2D eigenvalue weighted by molar-refractivity contribution is -0.384. The lowest BCUT2D eigenvalue weighted by Crippen LogP contribution is -2.16. The summed E-state index contributed by atoms with van der Waals surface area (Å²) >= 11 is 1.13. The van der Waals surface area contributed by atoms with Gasteiger partial charge in [0.15, 0.2) is 0 Å². The van der Waals surface area contributed by atoms with Crippen molar-refractivity contribution in [2.45, 2.75) is 25.8 Å². The van der Waals surface area contributed by atoms with Crippen LogP contribution in [0.5, 0.6) is 0 Å². The Bertz CT molecular complexity index is 890. The smallest absolute Gasteiger partial charge is 0.293 e. The van der Waals surface area contributed by atoms with Crippen molar-refractivity contribution in [2.24, 2.45) is 0 Å². The minimum absolute atomic E-state index is 0.00391.